The van der Waals surface area contributed by atoms with Crippen molar-refractivity contribution in [3.63, 3.8) is 0 Å². The normalized spacial score (nSPS) is 29.5. The van der Waals surface area contributed by atoms with Gasteiger partial charge >= 0.3 is 0 Å². The number of hydrogen-bond acceptors (Lipinski definition) is 2. The van der Waals surface area contributed by atoms with E-state index in [-0.39, 0.29) is 17.8 Å². The average molecular weight is 202 g/mol. The Kier molecular flexibility index (Phi) is 2.10. The molecule has 2 nitrogen and oxygen atoms in total. The van der Waals surface area contributed by atoms with E-state index in [0.29, 0.717) is 0 Å². The summed E-state index contributed by atoms with van der Waals surface area (Å²) >= 11 is 0. The molecule has 2 unspecified atom stereocenters. The number of fused-ring (bicyclic) bond motifs is 1. The van der Waals surface area contributed by atoms with Gasteiger partial charge in [-0.1, -0.05) is 24.3 Å². The topological polar surface area (TPSA) is 26.3 Å². The number of ether oxygens (including phenoxy) is 1. The molecule has 15 heavy (non-hydrogen) atoms. The average Bonchev–Trinajstić information content (AvgIpc) is 2.87. The molecule has 2 aliphatic rings. The number of rotatable bonds is 1. The first kappa shape index (κ1) is 9.10. The lowest BCUT2D eigenvalue weighted by atomic mass is 9.96. The van der Waals surface area contributed by atoms with Gasteiger partial charge in [0.2, 0.25) is 0 Å². The highest BCUT2D eigenvalue weighted by Gasteiger charge is 2.37. The molecule has 1 fully saturated rings. The molecule has 1 heterocycles. The molecule has 0 bridgehead atoms. The first-order valence-electron chi connectivity index (χ1n) is 5.60. The van der Waals surface area contributed by atoms with Crippen LogP contribution in [0.4, 0.5) is 0 Å². The molecule has 1 aliphatic heterocycles. The predicted molar refractivity (Wildman–Crippen MR) is 56.9 cm³/mol. The Balaban J connectivity index is 1.89. The van der Waals surface area contributed by atoms with Gasteiger partial charge in [0.25, 0.3) is 0 Å². The molecule has 1 aliphatic carbocycles. The molecule has 1 aromatic carbocycles. The molecule has 2 heteroatoms. The van der Waals surface area contributed by atoms with Crippen molar-refractivity contribution in [3.05, 3.63) is 35.4 Å². The molecular formula is C13H14O2. The maximum Gasteiger partial charge on any atom is 0.169 e. The molecule has 0 radical (unpaired) electrons. The fourth-order valence-electron chi connectivity index (χ4n) is 2.69. The minimum Gasteiger partial charge on any atom is -0.377 e. The molecule has 1 saturated heterocycles. The van der Waals surface area contributed by atoms with E-state index in [9.17, 15) is 4.79 Å². The van der Waals surface area contributed by atoms with Crippen LogP contribution in [0.15, 0.2) is 24.3 Å². The second kappa shape index (κ2) is 3.46. The number of hydrogen-bond donors (Lipinski definition) is 0. The van der Waals surface area contributed by atoms with Gasteiger partial charge < -0.3 is 4.74 Å². The van der Waals surface area contributed by atoms with Gasteiger partial charge in [0, 0.05) is 12.2 Å². The molecule has 0 saturated carbocycles. The van der Waals surface area contributed by atoms with Crippen molar-refractivity contribution < 1.29 is 9.53 Å². The van der Waals surface area contributed by atoms with Gasteiger partial charge in [-0.2, -0.15) is 0 Å². The summed E-state index contributed by atoms with van der Waals surface area (Å²) in [7, 11) is 0. The van der Waals surface area contributed by atoms with Crippen molar-refractivity contribution in [2.24, 2.45) is 5.92 Å². The molecule has 1 aromatic rings. The van der Waals surface area contributed by atoms with Crippen LogP contribution in [0.2, 0.25) is 0 Å². The summed E-state index contributed by atoms with van der Waals surface area (Å²) < 4.78 is 5.62. The van der Waals surface area contributed by atoms with Crippen LogP contribution in [0.5, 0.6) is 0 Å². The van der Waals surface area contributed by atoms with Crippen LogP contribution >= 0.6 is 0 Å². The molecule has 78 valence electrons. The highest BCUT2D eigenvalue weighted by Crippen LogP contribution is 2.33. The smallest absolute Gasteiger partial charge is 0.169 e. The largest absolute Gasteiger partial charge is 0.377 e. The number of benzene rings is 1. The highest BCUT2D eigenvalue weighted by atomic mass is 16.5. The van der Waals surface area contributed by atoms with Crippen molar-refractivity contribution in [1.29, 1.82) is 0 Å². The first-order valence-corrected chi connectivity index (χ1v) is 5.60. The van der Waals surface area contributed by atoms with Gasteiger partial charge in [0.05, 0.1) is 12.0 Å². The second-order valence-electron chi connectivity index (χ2n) is 4.38. The Hall–Kier alpha value is -1.15. The molecule has 0 amide bonds. The van der Waals surface area contributed by atoms with E-state index in [1.807, 2.05) is 18.2 Å². The van der Waals surface area contributed by atoms with Crippen molar-refractivity contribution in [3.8, 4) is 0 Å². The third-order valence-electron chi connectivity index (χ3n) is 3.47. The van der Waals surface area contributed by atoms with Gasteiger partial charge in [0.1, 0.15) is 0 Å². The van der Waals surface area contributed by atoms with Crippen LogP contribution in [-0.4, -0.2) is 18.5 Å². The Morgan fingerprint density at radius 2 is 2.13 bits per heavy atom. The molecular weight excluding hydrogens is 188 g/mol. The minimum atomic E-state index is 0.0879. The van der Waals surface area contributed by atoms with Crippen LogP contribution in [0.25, 0.3) is 0 Å². The first-order chi connectivity index (χ1) is 7.36. The number of Topliss-reactive ketones (excluding diaryl/α,β-unsaturated/α-hetero) is 1. The maximum absolute atomic E-state index is 12.1. The fourth-order valence-corrected chi connectivity index (χ4v) is 2.69. The summed E-state index contributed by atoms with van der Waals surface area (Å²) in [6.07, 6.45) is 3.19. The summed E-state index contributed by atoms with van der Waals surface area (Å²) in [6, 6.07) is 7.94. The Morgan fingerprint density at radius 1 is 1.27 bits per heavy atom. The van der Waals surface area contributed by atoms with Gasteiger partial charge in [-0.25, -0.2) is 0 Å². The summed E-state index contributed by atoms with van der Waals surface area (Å²) in [5, 5.41) is 0. The molecule has 3 rings (SSSR count). The zero-order valence-corrected chi connectivity index (χ0v) is 8.61. The quantitative estimate of drug-likeness (QED) is 0.698. The van der Waals surface area contributed by atoms with E-state index >= 15 is 0 Å². The molecule has 0 aromatic heterocycles. The maximum atomic E-state index is 12.1. The third kappa shape index (κ3) is 1.40. The third-order valence-corrected chi connectivity index (χ3v) is 3.47. The predicted octanol–water partition coefficient (Wildman–Crippen LogP) is 2.22. The van der Waals surface area contributed by atoms with Gasteiger partial charge in [0.15, 0.2) is 5.78 Å². The summed E-state index contributed by atoms with van der Waals surface area (Å²) in [6.45, 7) is 0.824. The minimum absolute atomic E-state index is 0.0879. The Labute approximate surface area is 89.2 Å². The lowest BCUT2D eigenvalue weighted by molar-refractivity contribution is 0.0540. The summed E-state index contributed by atoms with van der Waals surface area (Å²) in [4.78, 5) is 12.1. The van der Waals surface area contributed by atoms with Gasteiger partial charge in [-0.15, -0.1) is 0 Å². The van der Waals surface area contributed by atoms with E-state index in [1.165, 1.54) is 5.56 Å². The number of ketones is 1. The van der Waals surface area contributed by atoms with E-state index in [0.717, 1.165) is 31.4 Å². The summed E-state index contributed by atoms with van der Waals surface area (Å²) in [5.41, 5.74) is 2.11. The zero-order chi connectivity index (χ0) is 10.3. The molecule has 0 spiro atoms. The highest BCUT2D eigenvalue weighted by molar-refractivity contribution is 6.02. The Morgan fingerprint density at radius 3 is 2.87 bits per heavy atom. The van der Waals surface area contributed by atoms with Crippen LogP contribution in [0.3, 0.4) is 0 Å². The number of carbonyl (C=O) groups excluding carboxylic acids is 1. The van der Waals surface area contributed by atoms with E-state index < -0.39 is 0 Å². The fraction of sp³-hybridized carbons (Fsp3) is 0.462. The number of carbonyl (C=O) groups is 1. The van der Waals surface area contributed by atoms with Gasteiger partial charge in [-0.3, -0.25) is 4.79 Å². The standard InChI is InChI=1S/C13H14O2/c14-13-10-5-2-1-4-9(10)8-11(13)12-6-3-7-15-12/h1-2,4-5,11-12H,3,6-8H2. The van der Waals surface area contributed by atoms with Crippen molar-refractivity contribution in [2.75, 3.05) is 6.61 Å². The second-order valence-corrected chi connectivity index (χ2v) is 4.38. The van der Waals surface area contributed by atoms with E-state index in [1.54, 1.807) is 0 Å². The van der Waals surface area contributed by atoms with Crippen LogP contribution in [0.1, 0.15) is 28.8 Å². The van der Waals surface area contributed by atoms with E-state index in [2.05, 4.69) is 6.07 Å². The lowest BCUT2D eigenvalue weighted by Crippen LogP contribution is -2.24. The zero-order valence-electron chi connectivity index (χ0n) is 8.61. The van der Waals surface area contributed by atoms with Crippen LogP contribution in [-0.2, 0) is 11.2 Å². The van der Waals surface area contributed by atoms with Crippen molar-refractivity contribution >= 4 is 5.78 Å². The lowest BCUT2D eigenvalue weighted by Gasteiger charge is -2.15. The molecule has 0 N–H and O–H groups in total. The monoisotopic (exact) mass is 202 g/mol. The van der Waals surface area contributed by atoms with Gasteiger partial charge in [-0.05, 0) is 24.8 Å². The van der Waals surface area contributed by atoms with Crippen molar-refractivity contribution in [2.45, 2.75) is 25.4 Å². The van der Waals surface area contributed by atoms with Crippen LogP contribution in [0, 0.1) is 5.92 Å². The van der Waals surface area contributed by atoms with Crippen molar-refractivity contribution in [1.82, 2.24) is 0 Å². The Bertz CT molecular complexity index is 391. The SMILES string of the molecule is O=C1c2ccccc2CC1C1CCCO1. The molecule has 2 atom stereocenters. The summed E-state index contributed by atoms with van der Waals surface area (Å²) in [5.74, 6) is 0.377. The van der Waals surface area contributed by atoms with E-state index in [4.69, 9.17) is 4.74 Å². The van der Waals surface area contributed by atoms with Crippen LogP contribution < -0.4 is 0 Å².